The molecule has 3 rings (SSSR count). The zero-order valence-electron chi connectivity index (χ0n) is 12.6. The summed E-state index contributed by atoms with van der Waals surface area (Å²) in [4.78, 5) is 42.7. The molecule has 3 aliphatic rings. The highest BCUT2D eigenvalue weighted by molar-refractivity contribution is 6.07. The van der Waals surface area contributed by atoms with Crippen LogP contribution in [0.25, 0.3) is 0 Å². The molecule has 0 aromatic heterocycles. The zero-order chi connectivity index (χ0) is 15.5. The number of nitrogens with one attached hydrogen (secondary N) is 1. The SMILES string of the molecule is O=C(CN1C(=O)[C@@H]2CCCC[C@H]2C1=O)NO[C@H]1CCCCO1. The number of amides is 3. The molecule has 0 aromatic carbocycles. The molecule has 0 spiro atoms. The minimum Gasteiger partial charge on any atom is -0.350 e. The lowest BCUT2D eigenvalue weighted by Crippen LogP contribution is -2.42. The van der Waals surface area contributed by atoms with E-state index in [0.717, 1.165) is 49.8 Å². The van der Waals surface area contributed by atoms with Gasteiger partial charge < -0.3 is 4.74 Å². The number of imide groups is 1. The van der Waals surface area contributed by atoms with Crippen molar-refractivity contribution >= 4 is 17.7 Å². The van der Waals surface area contributed by atoms with Crippen LogP contribution >= 0.6 is 0 Å². The van der Waals surface area contributed by atoms with Crippen LogP contribution in [0.15, 0.2) is 0 Å². The summed E-state index contributed by atoms with van der Waals surface area (Å²) in [6.07, 6.45) is 5.72. The van der Waals surface area contributed by atoms with E-state index >= 15 is 0 Å². The normalized spacial score (nSPS) is 32.0. The summed E-state index contributed by atoms with van der Waals surface area (Å²) in [5, 5.41) is 0. The number of carbonyl (C=O) groups is 3. The van der Waals surface area contributed by atoms with E-state index < -0.39 is 12.2 Å². The Morgan fingerprint density at radius 1 is 1.09 bits per heavy atom. The lowest BCUT2D eigenvalue weighted by molar-refractivity contribution is -0.200. The summed E-state index contributed by atoms with van der Waals surface area (Å²) in [6, 6.07) is 0. The van der Waals surface area contributed by atoms with Gasteiger partial charge in [0.1, 0.15) is 6.54 Å². The monoisotopic (exact) mass is 310 g/mol. The van der Waals surface area contributed by atoms with Crippen molar-refractivity contribution in [2.24, 2.45) is 11.8 Å². The van der Waals surface area contributed by atoms with Crippen LogP contribution in [0.1, 0.15) is 44.9 Å². The number of hydroxylamine groups is 1. The summed E-state index contributed by atoms with van der Waals surface area (Å²) < 4.78 is 5.33. The summed E-state index contributed by atoms with van der Waals surface area (Å²) in [5.74, 6) is -1.36. The van der Waals surface area contributed by atoms with Gasteiger partial charge in [-0.1, -0.05) is 12.8 Å². The third kappa shape index (κ3) is 3.15. The molecule has 3 fully saturated rings. The quantitative estimate of drug-likeness (QED) is 0.611. The van der Waals surface area contributed by atoms with E-state index in [4.69, 9.17) is 9.57 Å². The molecule has 2 aliphatic heterocycles. The second kappa shape index (κ2) is 6.75. The first kappa shape index (κ1) is 15.4. The molecule has 122 valence electrons. The fourth-order valence-electron chi connectivity index (χ4n) is 3.50. The maximum atomic E-state index is 12.3. The molecule has 2 saturated heterocycles. The standard InChI is InChI=1S/C15H22N2O5/c18-12(16-22-13-7-3-4-8-21-13)9-17-14(19)10-5-1-2-6-11(10)15(17)20/h10-11,13H,1-9H2,(H,16,18)/t10-,11-,13+/m1/s1. The van der Waals surface area contributed by atoms with Gasteiger partial charge in [-0.2, -0.15) is 0 Å². The van der Waals surface area contributed by atoms with E-state index in [9.17, 15) is 14.4 Å². The smallest absolute Gasteiger partial charge is 0.263 e. The van der Waals surface area contributed by atoms with Crippen molar-refractivity contribution in [2.75, 3.05) is 13.2 Å². The van der Waals surface area contributed by atoms with Gasteiger partial charge in [0.15, 0.2) is 6.29 Å². The van der Waals surface area contributed by atoms with Gasteiger partial charge in [0.2, 0.25) is 11.8 Å². The zero-order valence-corrected chi connectivity index (χ0v) is 12.6. The molecule has 0 aromatic rings. The first-order valence-corrected chi connectivity index (χ1v) is 8.08. The van der Waals surface area contributed by atoms with E-state index in [0.29, 0.717) is 6.61 Å². The van der Waals surface area contributed by atoms with Crippen molar-refractivity contribution in [1.29, 1.82) is 0 Å². The Hall–Kier alpha value is -1.47. The average Bonchev–Trinajstić information content (AvgIpc) is 2.79. The van der Waals surface area contributed by atoms with E-state index in [1.807, 2.05) is 0 Å². The Labute approximate surface area is 129 Å². The molecule has 3 atom stereocenters. The van der Waals surface area contributed by atoms with Crippen molar-refractivity contribution in [1.82, 2.24) is 10.4 Å². The van der Waals surface area contributed by atoms with Gasteiger partial charge in [0.25, 0.3) is 5.91 Å². The van der Waals surface area contributed by atoms with Gasteiger partial charge >= 0.3 is 0 Å². The molecule has 0 radical (unpaired) electrons. The van der Waals surface area contributed by atoms with Crippen LogP contribution in [-0.2, 0) is 24.0 Å². The van der Waals surface area contributed by atoms with E-state index in [1.165, 1.54) is 0 Å². The van der Waals surface area contributed by atoms with E-state index in [1.54, 1.807) is 0 Å². The number of likely N-dealkylation sites (tertiary alicyclic amines) is 1. The fraction of sp³-hybridized carbons (Fsp3) is 0.800. The maximum absolute atomic E-state index is 12.3. The molecular formula is C15H22N2O5. The van der Waals surface area contributed by atoms with Crippen molar-refractivity contribution < 1.29 is 24.0 Å². The first-order valence-electron chi connectivity index (χ1n) is 8.08. The summed E-state index contributed by atoms with van der Waals surface area (Å²) in [7, 11) is 0. The van der Waals surface area contributed by atoms with Crippen LogP contribution < -0.4 is 5.48 Å². The topological polar surface area (TPSA) is 84.9 Å². The lowest BCUT2D eigenvalue weighted by atomic mass is 9.81. The molecular weight excluding hydrogens is 288 g/mol. The maximum Gasteiger partial charge on any atom is 0.263 e. The van der Waals surface area contributed by atoms with Crippen LogP contribution in [0, 0.1) is 11.8 Å². The van der Waals surface area contributed by atoms with E-state index in [2.05, 4.69) is 5.48 Å². The van der Waals surface area contributed by atoms with Crippen LogP contribution in [0.5, 0.6) is 0 Å². The van der Waals surface area contributed by atoms with Gasteiger partial charge in [-0.3, -0.25) is 19.3 Å². The third-order valence-electron chi connectivity index (χ3n) is 4.68. The fourth-order valence-corrected chi connectivity index (χ4v) is 3.50. The Balaban J connectivity index is 1.50. The number of fused-ring (bicyclic) bond motifs is 1. The number of ether oxygens (including phenoxy) is 1. The molecule has 7 heteroatoms. The molecule has 1 saturated carbocycles. The Morgan fingerprint density at radius 2 is 1.73 bits per heavy atom. The van der Waals surface area contributed by atoms with Crippen LogP contribution in [0.4, 0.5) is 0 Å². The van der Waals surface area contributed by atoms with Gasteiger partial charge in [0.05, 0.1) is 11.8 Å². The Kier molecular flexibility index (Phi) is 4.73. The Morgan fingerprint density at radius 3 is 2.32 bits per heavy atom. The van der Waals surface area contributed by atoms with Crippen molar-refractivity contribution in [3.05, 3.63) is 0 Å². The van der Waals surface area contributed by atoms with Gasteiger partial charge in [-0.05, 0) is 25.7 Å². The summed E-state index contributed by atoms with van der Waals surface area (Å²) in [6.45, 7) is 0.352. The lowest BCUT2D eigenvalue weighted by Gasteiger charge is -2.22. The molecule has 22 heavy (non-hydrogen) atoms. The van der Waals surface area contributed by atoms with Crippen LogP contribution in [0.2, 0.25) is 0 Å². The largest absolute Gasteiger partial charge is 0.350 e. The average molecular weight is 310 g/mol. The molecule has 3 amide bonds. The minimum absolute atomic E-state index is 0.209. The highest BCUT2D eigenvalue weighted by Crippen LogP contribution is 2.37. The second-order valence-electron chi connectivity index (χ2n) is 6.20. The summed E-state index contributed by atoms with van der Waals surface area (Å²) >= 11 is 0. The van der Waals surface area contributed by atoms with Gasteiger partial charge in [0, 0.05) is 13.0 Å². The summed E-state index contributed by atoms with van der Waals surface area (Å²) in [5.41, 5.74) is 2.29. The van der Waals surface area contributed by atoms with Gasteiger partial charge in [-0.25, -0.2) is 10.3 Å². The van der Waals surface area contributed by atoms with Crippen molar-refractivity contribution in [3.63, 3.8) is 0 Å². The molecule has 0 bridgehead atoms. The minimum atomic E-state index is -0.491. The van der Waals surface area contributed by atoms with Gasteiger partial charge in [-0.15, -0.1) is 0 Å². The number of hydrogen-bond acceptors (Lipinski definition) is 5. The molecule has 1 aliphatic carbocycles. The van der Waals surface area contributed by atoms with Crippen LogP contribution in [-0.4, -0.2) is 42.1 Å². The predicted molar refractivity (Wildman–Crippen MR) is 75.0 cm³/mol. The van der Waals surface area contributed by atoms with E-state index in [-0.39, 0.29) is 30.2 Å². The number of hydrogen-bond donors (Lipinski definition) is 1. The Bertz CT molecular complexity index is 437. The molecule has 1 N–H and O–H groups in total. The molecule has 0 unspecified atom stereocenters. The number of nitrogens with zero attached hydrogens (tertiary/aromatic N) is 1. The highest BCUT2D eigenvalue weighted by atomic mass is 16.8. The molecule has 2 heterocycles. The number of rotatable bonds is 4. The third-order valence-corrected chi connectivity index (χ3v) is 4.68. The van der Waals surface area contributed by atoms with Crippen LogP contribution in [0.3, 0.4) is 0 Å². The highest BCUT2D eigenvalue weighted by Gasteiger charge is 2.48. The van der Waals surface area contributed by atoms with Crippen molar-refractivity contribution in [3.8, 4) is 0 Å². The second-order valence-corrected chi connectivity index (χ2v) is 6.20. The number of carbonyl (C=O) groups excluding carboxylic acids is 3. The predicted octanol–water partition coefficient (Wildman–Crippen LogP) is 0.736. The first-order chi connectivity index (χ1) is 10.7. The van der Waals surface area contributed by atoms with Crippen molar-refractivity contribution in [2.45, 2.75) is 51.2 Å². The molecule has 7 nitrogen and oxygen atoms in total.